The van der Waals surface area contributed by atoms with E-state index >= 15 is 0 Å². The minimum atomic E-state index is -3.21. The van der Waals surface area contributed by atoms with E-state index in [0.717, 1.165) is 0 Å². The maximum atomic E-state index is 11.9. The Labute approximate surface area is 102 Å². The highest BCUT2D eigenvalue weighted by molar-refractivity contribution is 7.91. The van der Waals surface area contributed by atoms with Crippen molar-refractivity contribution in [3.8, 4) is 0 Å². The average Bonchev–Trinajstić information content (AvgIpc) is 2.46. The maximum absolute atomic E-state index is 11.9. The zero-order valence-corrected chi connectivity index (χ0v) is 11.3. The van der Waals surface area contributed by atoms with Crippen molar-refractivity contribution in [2.24, 2.45) is 5.92 Å². The van der Waals surface area contributed by atoms with E-state index in [1.54, 1.807) is 0 Å². The van der Waals surface area contributed by atoms with Crippen LogP contribution in [-0.2, 0) is 19.9 Å². The van der Waals surface area contributed by atoms with Crippen molar-refractivity contribution in [3.05, 3.63) is 0 Å². The summed E-state index contributed by atoms with van der Waals surface area (Å²) >= 11 is 0. The van der Waals surface area contributed by atoms with Gasteiger partial charge in [-0.05, 0) is 12.3 Å². The molecule has 2 aliphatic rings. The highest BCUT2D eigenvalue weighted by atomic mass is 32.2. The maximum Gasteiger partial charge on any atom is 0.215 e. The monoisotopic (exact) mass is 282 g/mol. The number of nitrogens with one attached hydrogen (secondary N) is 1. The average molecular weight is 282 g/mol. The van der Waals surface area contributed by atoms with Gasteiger partial charge in [0.05, 0.1) is 17.3 Å². The second kappa shape index (κ2) is 4.83. The van der Waals surface area contributed by atoms with Crippen LogP contribution < -0.4 is 5.32 Å². The molecule has 0 bridgehead atoms. The van der Waals surface area contributed by atoms with Crippen molar-refractivity contribution in [1.82, 2.24) is 9.62 Å². The lowest BCUT2D eigenvalue weighted by Gasteiger charge is -2.22. The summed E-state index contributed by atoms with van der Waals surface area (Å²) in [6.07, 6.45) is 0.585. The molecule has 0 aromatic carbocycles. The van der Waals surface area contributed by atoms with Crippen LogP contribution in [0.1, 0.15) is 6.42 Å². The Bertz CT molecular complexity index is 471. The molecule has 17 heavy (non-hydrogen) atoms. The smallest absolute Gasteiger partial charge is 0.215 e. The minimum absolute atomic E-state index is 0.0344. The quantitative estimate of drug-likeness (QED) is 0.677. The Morgan fingerprint density at radius 1 is 1.12 bits per heavy atom. The molecule has 2 saturated heterocycles. The lowest BCUT2D eigenvalue weighted by Crippen LogP contribution is -2.37. The fraction of sp³-hybridized carbons (Fsp3) is 1.00. The van der Waals surface area contributed by atoms with Crippen molar-refractivity contribution in [3.63, 3.8) is 0 Å². The molecule has 0 spiro atoms. The van der Waals surface area contributed by atoms with Gasteiger partial charge in [-0.2, -0.15) is 0 Å². The van der Waals surface area contributed by atoms with E-state index in [1.807, 2.05) is 0 Å². The zero-order chi connectivity index (χ0) is 12.5. The Morgan fingerprint density at radius 2 is 1.88 bits per heavy atom. The molecule has 1 atom stereocenters. The molecule has 0 saturated carbocycles. The first-order valence-electron chi connectivity index (χ1n) is 5.78. The van der Waals surface area contributed by atoms with Crippen molar-refractivity contribution in [1.29, 1.82) is 0 Å². The van der Waals surface area contributed by atoms with Gasteiger partial charge in [0.15, 0.2) is 9.84 Å². The fourth-order valence-electron chi connectivity index (χ4n) is 2.31. The van der Waals surface area contributed by atoms with Gasteiger partial charge in [-0.3, -0.25) is 0 Å². The molecule has 0 radical (unpaired) electrons. The zero-order valence-electron chi connectivity index (χ0n) is 9.63. The Hall–Kier alpha value is -0.180. The van der Waals surface area contributed by atoms with Crippen molar-refractivity contribution < 1.29 is 16.8 Å². The molecular weight excluding hydrogens is 264 g/mol. The number of hydrogen-bond donors (Lipinski definition) is 1. The van der Waals surface area contributed by atoms with E-state index in [4.69, 9.17) is 0 Å². The SMILES string of the molecule is O=S1(=O)CCC(CN2CCNCCS2(=O)=O)C1. The van der Waals surface area contributed by atoms with Gasteiger partial charge in [-0.25, -0.2) is 21.1 Å². The van der Waals surface area contributed by atoms with E-state index in [9.17, 15) is 16.8 Å². The molecule has 1 unspecified atom stereocenters. The Balaban J connectivity index is 2.02. The topological polar surface area (TPSA) is 83.6 Å². The van der Waals surface area contributed by atoms with Crippen LogP contribution in [-0.4, -0.2) is 64.6 Å². The number of hydrogen-bond acceptors (Lipinski definition) is 5. The van der Waals surface area contributed by atoms with Gasteiger partial charge >= 0.3 is 0 Å². The van der Waals surface area contributed by atoms with E-state index < -0.39 is 19.9 Å². The highest BCUT2D eigenvalue weighted by Crippen LogP contribution is 2.21. The van der Waals surface area contributed by atoms with Crippen LogP contribution in [0.5, 0.6) is 0 Å². The third-order valence-electron chi connectivity index (χ3n) is 3.26. The molecule has 0 aromatic heterocycles. The van der Waals surface area contributed by atoms with Gasteiger partial charge in [-0.1, -0.05) is 0 Å². The summed E-state index contributed by atoms with van der Waals surface area (Å²) in [5.41, 5.74) is 0. The third-order valence-corrected chi connectivity index (χ3v) is 6.93. The van der Waals surface area contributed by atoms with E-state index in [1.165, 1.54) is 4.31 Å². The normalized spacial score (nSPS) is 33.3. The molecule has 0 aromatic rings. The minimum Gasteiger partial charge on any atom is -0.314 e. The van der Waals surface area contributed by atoms with Crippen molar-refractivity contribution >= 4 is 19.9 Å². The largest absolute Gasteiger partial charge is 0.314 e. The summed E-state index contributed by atoms with van der Waals surface area (Å²) in [6.45, 7) is 1.91. The molecule has 0 aliphatic carbocycles. The summed E-state index contributed by atoms with van der Waals surface area (Å²) in [5, 5.41) is 3.03. The van der Waals surface area contributed by atoms with Gasteiger partial charge in [0, 0.05) is 26.2 Å². The van der Waals surface area contributed by atoms with Crippen LogP contribution in [0.2, 0.25) is 0 Å². The third kappa shape index (κ3) is 3.40. The molecule has 2 fully saturated rings. The van der Waals surface area contributed by atoms with E-state index in [-0.39, 0.29) is 23.2 Å². The van der Waals surface area contributed by atoms with Crippen LogP contribution in [0.3, 0.4) is 0 Å². The predicted molar refractivity (Wildman–Crippen MR) is 65.0 cm³/mol. The highest BCUT2D eigenvalue weighted by Gasteiger charge is 2.33. The first kappa shape index (κ1) is 13.3. The van der Waals surface area contributed by atoms with Crippen molar-refractivity contribution in [2.75, 3.05) is 43.4 Å². The number of nitrogens with zero attached hydrogens (tertiary/aromatic N) is 1. The standard InChI is InChI=1S/C9H18N2O4S2/c12-16(13)5-1-9(8-16)7-11-4-2-10-3-6-17(11,14)15/h9-10H,1-8H2. The van der Waals surface area contributed by atoms with Gasteiger partial charge in [0.1, 0.15) is 0 Å². The molecule has 2 aliphatic heterocycles. The van der Waals surface area contributed by atoms with Gasteiger partial charge in [0.2, 0.25) is 10.0 Å². The molecular formula is C9H18N2O4S2. The first-order chi connectivity index (χ1) is 7.89. The molecule has 0 amide bonds. The molecule has 2 rings (SSSR count). The lowest BCUT2D eigenvalue weighted by atomic mass is 10.1. The molecule has 1 N–H and O–H groups in total. The summed E-state index contributed by atoms with van der Waals surface area (Å²) < 4.78 is 47.9. The second-order valence-corrected chi connectivity index (χ2v) is 9.01. The molecule has 100 valence electrons. The van der Waals surface area contributed by atoms with Crippen LogP contribution in [0.25, 0.3) is 0 Å². The van der Waals surface area contributed by atoms with Gasteiger partial charge in [0.25, 0.3) is 0 Å². The number of sulfone groups is 1. The molecule has 8 heteroatoms. The van der Waals surface area contributed by atoms with Gasteiger partial charge in [-0.15, -0.1) is 0 Å². The van der Waals surface area contributed by atoms with Crippen LogP contribution in [0.15, 0.2) is 0 Å². The number of rotatable bonds is 2. The summed E-state index contributed by atoms with van der Waals surface area (Å²) in [5.74, 6) is 0.399. The summed E-state index contributed by atoms with van der Waals surface area (Å²) in [6, 6.07) is 0. The van der Waals surface area contributed by atoms with Crippen LogP contribution >= 0.6 is 0 Å². The fourth-order valence-corrected chi connectivity index (χ4v) is 5.62. The van der Waals surface area contributed by atoms with Crippen LogP contribution in [0, 0.1) is 5.92 Å². The predicted octanol–water partition coefficient (Wildman–Crippen LogP) is -1.34. The van der Waals surface area contributed by atoms with Gasteiger partial charge < -0.3 is 5.32 Å². The van der Waals surface area contributed by atoms with Crippen LogP contribution in [0.4, 0.5) is 0 Å². The Kier molecular flexibility index (Phi) is 3.77. The summed E-state index contributed by atoms with van der Waals surface area (Å²) in [7, 11) is -6.14. The molecule has 2 heterocycles. The molecule has 6 nitrogen and oxygen atoms in total. The first-order valence-corrected chi connectivity index (χ1v) is 9.21. The lowest BCUT2D eigenvalue weighted by molar-refractivity contribution is 0.364. The Morgan fingerprint density at radius 3 is 2.53 bits per heavy atom. The number of sulfonamides is 1. The van der Waals surface area contributed by atoms with E-state index in [2.05, 4.69) is 5.32 Å². The summed E-state index contributed by atoms with van der Waals surface area (Å²) in [4.78, 5) is 0. The van der Waals surface area contributed by atoms with Crippen molar-refractivity contribution in [2.45, 2.75) is 6.42 Å². The second-order valence-electron chi connectivity index (χ2n) is 4.69. The van der Waals surface area contributed by atoms with E-state index in [0.29, 0.717) is 32.6 Å².